The van der Waals surface area contributed by atoms with E-state index in [9.17, 15) is 9.59 Å². The number of nitrogens with zero attached hydrogens (tertiary/aromatic N) is 1. The molecule has 0 bridgehead atoms. The molecule has 1 aromatic rings. The van der Waals surface area contributed by atoms with Crippen LogP contribution in [0.4, 0.5) is 0 Å². The Bertz CT molecular complexity index is 717. The van der Waals surface area contributed by atoms with Gasteiger partial charge in [0.15, 0.2) is 24.4 Å². The summed E-state index contributed by atoms with van der Waals surface area (Å²) in [4.78, 5) is 26.8. The number of hydrogen-bond donors (Lipinski definition) is 1. The van der Waals surface area contributed by atoms with Gasteiger partial charge in [-0.3, -0.25) is 9.59 Å². The Morgan fingerprint density at radius 1 is 1.21 bits per heavy atom. The quantitative estimate of drug-likeness (QED) is 0.745. The van der Waals surface area contributed by atoms with Gasteiger partial charge in [-0.15, -0.1) is 0 Å². The predicted octanol–water partition coefficient (Wildman–Crippen LogP) is 1.97. The molecule has 160 valence electrons. The lowest BCUT2D eigenvalue weighted by Crippen LogP contribution is -2.50. The van der Waals surface area contributed by atoms with E-state index in [-0.39, 0.29) is 36.8 Å². The van der Waals surface area contributed by atoms with E-state index in [1.54, 1.807) is 18.2 Å². The topological polar surface area (TPSA) is 86.3 Å². The van der Waals surface area contributed by atoms with Crippen LogP contribution in [0.25, 0.3) is 0 Å². The predicted molar refractivity (Wildman–Crippen MR) is 106 cm³/mol. The smallest absolute Gasteiger partial charge is 0.258 e. The molecule has 0 radical (unpaired) electrons. The number of ether oxygens (including phenoxy) is 4. The number of nitrogens with one attached hydrogen (secondary N) is 1. The van der Waals surface area contributed by atoms with Crippen molar-refractivity contribution in [2.45, 2.75) is 51.5 Å². The van der Waals surface area contributed by atoms with Crippen LogP contribution >= 0.6 is 0 Å². The van der Waals surface area contributed by atoms with Crippen LogP contribution in [-0.4, -0.2) is 68.6 Å². The van der Waals surface area contributed by atoms with Crippen LogP contribution in [0.15, 0.2) is 18.2 Å². The van der Waals surface area contributed by atoms with Crippen molar-refractivity contribution >= 4 is 11.8 Å². The summed E-state index contributed by atoms with van der Waals surface area (Å²) < 4.78 is 22.3. The van der Waals surface area contributed by atoms with Crippen LogP contribution in [0.2, 0.25) is 0 Å². The molecular weight excluding hydrogens is 376 g/mol. The summed E-state index contributed by atoms with van der Waals surface area (Å²) in [6, 6.07) is 4.97. The van der Waals surface area contributed by atoms with Crippen molar-refractivity contribution in [2.75, 3.05) is 33.5 Å². The maximum Gasteiger partial charge on any atom is 0.258 e. The van der Waals surface area contributed by atoms with E-state index < -0.39 is 0 Å². The first kappa shape index (κ1) is 21.4. The maximum absolute atomic E-state index is 13.2. The van der Waals surface area contributed by atoms with E-state index in [0.29, 0.717) is 36.8 Å². The Labute approximate surface area is 171 Å². The first-order chi connectivity index (χ1) is 14.0. The number of carbonyl (C=O) groups is 2. The lowest BCUT2D eigenvalue weighted by atomic mass is 10.00. The summed E-state index contributed by atoms with van der Waals surface area (Å²) >= 11 is 0. The van der Waals surface area contributed by atoms with Gasteiger partial charge in [0.2, 0.25) is 0 Å². The molecule has 1 N–H and O–H groups in total. The van der Waals surface area contributed by atoms with Gasteiger partial charge >= 0.3 is 0 Å². The van der Waals surface area contributed by atoms with E-state index in [1.165, 1.54) is 7.11 Å². The fourth-order valence-electron chi connectivity index (χ4n) is 3.68. The van der Waals surface area contributed by atoms with Gasteiger partial charge in [-0.05, 0) is 51.3 Å². The molecule has 2 fully saturated rings. The summed E-state index contributed by atoms with van der Waals surface area (Å²) in [5.41, 5.74) is 0.505. The average molecular weight is 406 g/mol. The highest BCUT2D eigenvalue weighted by Gasteiger charge is 2.36. The van der Waals surface area contributed by atoms with Crippen LogP contribution < -0.4 is 14.8 Å². The van der Waals surface area contributed by atoms with E-state index in [2.05, 4.69) is 5.32 Å². The van der Waals surface area contributed by atoms with Crippen LogP contribution in [0.3, 0.4) is 0 Å². The second-order valence-corrected chi connectivity index (χ2v) is 7.55. The van der Waals surface area contributed by atoms with Crippen LogP contribution in [-0.2, 0) is 14.3 Å². The van der Waals surface area contributed by atoms with Crippen molar-refractivity contribution in [1.29, 1.82) is 0 Å². The van der Waals surface area contributed by atoms with Gasteiger partial charge in [0.05, 0.1) is 26.4 Å². The Balaban J connectivity index is 1.70. The zero-order valence-electron chi connectivity index (χ0n) is 17.3. The maximum atomic E-state index is 13.2. The second-order valence-electron chi connectivity index (χ2n) is 7.55. The Kier molecular flexibility index (Phi) is 7.33. The molecule has 8 nitrogen and oxygen atoms in total. The van der Waals surface area contributed by atoms with Crippen molar-refractivity contribution in [3.05, 3.63) is 23.8 Å². The molecule has 2 aliphatic rings. The first-order valence-electron chi connectivity index (χ1n) is 10.1. The molecule has 2 amide bonds. The molecule has 0 spiro atoms. The van der Waals surface area contributed by atoms with E-state index in [1.807, 2.05) is 18.7 Å². The average Bonchev–Trinajstić information content (AvgIpc) is 3.26. The van der Waals surface area contributed by atoms with Crippen molar-refractivity contribution in [3.8, 4) is 11.5 Å². The minimum Gasteiger partial charge on any atom is -0.493 e. The molecule has 29 heavy (non-hydrogen) atoms. The van der Waals surface area contributed by atoms with Gasteiger partial charge in [-0.2, -0.15) is 0 Å². The largest absolute Gasteiger partial charge is 0.493 e. The summed E-state index contributed by atoms with van der Waals surface area (Å²) in [6.45, 7) is 5.44. The number of hydrogen-bond acceptors (Lipinski definition) is 6. The second kappa shape index (κ2) is 9.93. The molecule has 8 heteroatoms. The zero-order chi connectivity index (χ0) is 20.8. The van der Waals surface area contributed by atoms with E-state index in [0.717, 1.165) is 19.3 Å². The van der Waals surface area contributed by atoms with Crippen molar-refractivity contribution in [2.24, 2.45) is 0 Å². The number of piperidine rings is 1. The standard InChI is InChI=1S/C21H30N2O6/c1-14(2)22-19(24)13-29-17-8-7-15(12-18(17)26-3)20(25)23-9-5-4-6-16(23)21-27-10-11-28-21/h7-8,12,14,16,21H,4-6,9-11,13H2,1-3H3,(H,22,24). The van der Waals surface area contributed by atoms with Crippen LogP contribution in [0.5, 0.6) is 11.5 Å². The highest BCUT2D eigenvalue weighted by atomic mass is 16.7. The molecule has 1 unspecified atom stereocenters. The van der Waals surface area contributed by atoms with E-state index >= 15 is 0 Å². The highest BCUT2D eigenvalue weighted by Crippen LogP contribution is 2.31. The molecule has 1 atom stereocenters. The zero-order valence-corrected chi connectivity index (χ0v) is 17.3. The number of benzene rings is 1. The van der Waals surface area contributed by atoms with E-state index in [4.69, 9.17) is 18.9 Å². The third kappa shape index (κ3) is 5.39. The van der Waals surface area contributed by atoms with Gasteiger partial charge in [0.1, 0.15) is 0 Å². The summed E-state index contributed by atoms with van der Waals surface area (Å²) in [7, 11) is 1.51. The minimum atomic E-state index is -0.358. The van der Waals surface area contributed by atoms with Gasteiger partial charge in [-0.25, -0.2) is 0 Å². The number of methoxy groups -OCH3 is 1. The highest BCUT2D eigenvalue weighted by molar-refractivity contribution is 5.95. The lowest BCUT2D eigenvalue weighted by Gasteiger charge is -2.38. The number of amides is 2. The lowest BCUT2D eigenvalue weighted by molar-refractivity contribution is -0.123. The molecule has 2 saturated heterocycles. The normalized spacial score (nSPS) is 20.0. The molecule has 1 aromatic carbocycles. The molecule has 0 aromatic heterocycles. The molecular formula is C21H30N2O6. The number of carbonyl (C=O) groups excluding carboxylic acids is 2. The van der Waals surface area contributed by atoms with Crippen molar-refractivity contribution in [1.82, 2.24) is 10.2 Å². The minimum absolute atomic E-state index is 0.0401. The monoisotopic (exact) mass is 406 g/mol. The third-order valence-corrected chi connectivity index (χ3v) is 4.99. The summed E-state index contributed by atoms with van der Waals surface area (Å²) in [6.07, 6.45) is 2.51. The van der Waals surface area contributed by atoms with Gasteiger partial charge in [-0.1, -0.05) is 0 Å². The Morgan fingerprint density at radius 3 is 2.66 bits per heavy atom. The fourth-order valence-corrected chi connectivity index (χ4v) is 3.68. The van der Waals surface area contributed by atoms with Crippen LogP contribution in [0.1, 0.15) is 43.5 Å². The van der Waals surface area contributed by atoms with Crippen molar-refractivity contribution < 1.29 is 28.5 Å². The van der Waals surface area contributed by atoms with Gasteiger partial charge < -0.3 is 29.2 Å². The fraction of sp³-hybridized carbons (Fsp3) is 0.619. The Hall–Kier alpha value is -2.32. The summed E-state index contributed by atoms with van der Waals surface area (Å²) in [5.74, 6) is 0.530. The summed E-state index contributed by atoms with van der Waals surface area (Å²) in [5, 5.41) is 2.77. The molecule has 0 saturated carbocycles. The number of rotatable bonds is 7. The molecule has 2 aliphatic heterocycles. The van der Waals surface area contributed by atoms with Gasteiger partial charge in [0, 0.05) is 18.2 Å². The first-order valence-corrected chi connectivity index (χ1v) is 10.1. The van der Waals surface area contributed by atoms with Gasteiger partial charge in [0.25, 0.3) is 11.8 Å². The molecule has 0 aliphatic carbocycles. The SMILES string of the molecule is COc1cc(C(=O)N2CCCCC2C2OCCO2)ccc1OCC(=O)NC(C)C. The Morgan fingerprint density at radius 2 is 1.97 bits per heavy atom. The molecule has 3 rings (SSSR count). The third-order valence-electron chi connectivity index (χ3n) is 4.99. The van der Waals surface area contributed by atoms with Crippen LogP contribution in [0, 0.1) is 0 Å². The van der Waals surface area contributed by atoms with Crippen molar-refractivity contribution in [3.63, 3.8) is 0 Å². The number of likely N-dealkylation sites (tertiary alicyclic amines) is 1. The molecule has 2 heterocycles.